The van der Waals surface area contributed by atoms with Gasteiger partial charge in [-0.05, 0) is 116 Å². The zero-order chi connectivity index (χ0) is 24.2. The summed E-state index contributed by atoms with van der Waals surface area (Å²) in [4.78, 5) is 12.2. The van der Waals surface area contributed by atoms with Crippen LogP contribution < -0.4 is 0 Å². The molecule has 0 amide bonds. The van der Waals surface area contributed by atoms with E-state index >= 15 is 0 Å². The summed E-state index contributed by atoms with van der Waals surface area (Å²) in [7, 11) is 0. The van der Waals surface area contributed by atoms with Gasteiger partial charge in [0.25, 0.3) is 0 Å². The second-order valence-corrected chi connectivity index (χ2v) is 14.9. The van der Waals surface area contributed by atoms with Crippen molar-refractivity contribution >= 4 is 5.97 Å². The number of aliphatic hydroxyl groups excluding tert-OH is 1. The molecule has 0 radical (unpaired) electrons. The van der Waals surface area contributed by atoms with Gasteiger partial charge in [0.2, 0.25) is 0 Å². The molecule has 3 nitrogen and oxygen atoms in total. The Labute approximate surface area is 201 Å². The minimum Gasteiger partial charge on any atom is -0.481 e. The van der Waals surface area contributed by atoms with Crippen LogP contribution in [0, 0.1) is 50.2 Å². The van der Waals surface area contributed by atoms with E-state index in [4.69, 9.17) is 0 Å². The second-order valence-electron chi connectivity index (χ2n) is 14.9. The molecule has 0 aromatic carbocycles. The Morgan fingerprint density at radius 3 is 2.21 bits per heavy atom. The number of aliphatic carboxylic acids is 1. The third-order valence-corrected chi connectivity index (χ3v) is 13.3. The van der Waals surface area contributed by atoms with Crippen LogP contribution in [0.15, 0.2) is 11.6 Å². The molecule has 0 saturated heterocycles. The standard InChI is InChI=1S/C30H48O3/c1-25(2)21-10-13-30(7)22(28(21,5)12-11-23(25)31)9-8-19-20-18-27(4,24(32)33)15-14-26(20,3)16-17-29(19,30)6/h8,20-23,31H,9-18H2,1-7H3,(H,32,33)/t20-,21-,22-,23+,26-,27+,28-,29+,30-/m1/s1. The van der Waals surface area contributed by atoms with Gasteiger partial charge in [0.05, 0.1) is 11.5 Å². The normalized spacial score (nSPS) is 55.3. The van der Waals surface area contributed by atoms with Crippen LogP contribution in [0.1, 0.15) is 113 Å². The maximum atomic E-state index is 12.2. The van der Waals surface area contributed by atoms with Gasteiger partial charge in [0.15, 0.2) is 0 Å². The zero-order valence-corrected chi connectivity index (χ0v) is 22.3. The average Bonchev–Trinajstić information content (AvgIpc) is 2.73. The molecule has 0 bridgehead atoms. The fourth-order valence-corrected chi connectivity index (χ4v) is 10.5. The summed E-state index contributed by atoms with van der Waals surface area (Å²) in [5.74, 6) is 1.01. The first-order valence-corrected chi connectivity index (χ1v) is 13.8. The van der Waals surface area contributed by atoms with Crippen molar-refractivity contribution in [3.63, 3.8) is 0 Å². The minimum atomic E-state index is -0.603. The first-order chi connectivity index (χ1) is 15.1. The van der Waals surface area contributed by atoms with Crippen LogP contribution in [0.25, 0.3) is 0 Å². The van der Waals surface area contributed by atoms with Gasteiger partial charge in [-0.3, -0.25) is 4.79 Å². The molecule has 0 aliphatic heterocycles. The summed E-state index contributed by atoms with van der Waals surface area (Å²) in [5.41, 5.74) is 1.94. The molecule has 0 unspecified atom stereocenters. The topological polar surface area (TPSA) is 57.5 Å². The first kappa shape index (κ1) is 23.9. The molecule has 186 valence electrons. The highest BCUT2D eigenvalue weighted by molar-refractivity contribution is 5.74. The molecular weight excluding hydrogens is 408 g/mol. The van der Waals surface area contributed by atoms with E-state index in [9.17, 15) is 15.0 Å². The third kappa shape index (κ3) is 2.87. The van der Waals surface area contributed by atoms with Gasteiger partial charge >= 0.3 is 5.97 Å². The van der Waals surface area contributed by atoms with Crippen molar-refractivity contribution in [1.29, 1.82) is 0 Å². The van der Waals surface area contributed by atoms with Crippen LogP contribution in [0.3, 0.4) is 0 Å². The van der Waals surface area contributed by atoms with Crippen molar-refractivity contribution in [2.75, 3.05) is 0 Å². The van der Waals surface area contributed by atoms with Crippen molar-refractivity contribution in [1.82, 2.24) is 0 Å². The Kier molecular flexibility index (Phi) is 4.99. The number of carbonyl (C=O) groups is 1. The molecule has 2 N–H and O–H groups in total. The number of carboxylic acid groups (broad SMARTS) is 1. The molecule has 5 aliphatic carbocycles. The monoisotopic (exact) mass is 456 g/mol. The van der Waals surface area contributed by atoms with E-state index in [-0.39, 0.29) is 33.2 Å². The molecule has 5 aliphatic rings. The highest BCUT2D eigenvalue weighted by Crippen LogP contribution is 2.75. The molecule has 0 spiro atoms. The van der Waals surface area contributed by atoms with Gasteiger partial charge in [0.1, 0.15) is 0 Å². The van der Waals surface area contributed by atoms with Gasteiger partial charge in [-0.1, -0.05) is 53.2 Å². The predicted molar refractivity (Wildman–Crippen MR) is 133 cm³/mol. The predicted octanol–water partition coefficient (Wildman–Crippen LogP) is 7.23. The number of rotatable bonds is 1. The minimum absolute atomic E-state index is 0.0168. The number of hydrogen-bond donors (Lipinski definition) is 2. The SMILES string of the molecule is CC1(C)[C@H]2CC[C@]3(C)[C@H](CC=C4[C@H]5C[C@@](C)(C(=O)O)CC[C@]5(C)CC[C@@]43C)[C@]2(C)CC[C@@H]1O. The quantitative estimate of drug-likeness (QED) is 0.409. The Balaban J connectivity index is 1.57. The zero-order valence-electron chi connectivity index (χ0n) is 22.3. The van der Waals surface area contributed by atoms with Crippen molar-refractivity contribution in [2.24, 2.45) is 50.2 Å². The number of carboxylic acids is 1. The van der Waals surface area contributed by atoms with Crippen LogP contribution in [-0.4, -0.2) is 22.3 Å². The van der Waals surface area contributed by atoms with Gasteiger partial charge in [-0.15, -0.1) is 0 Å². The average molecular weight is 457 g/mol. The Morgan fingerprint density at radius 1 is 0.879 bits per heavy atom. The smallest absolute Gasteiger partial charge is 0.309 e. The summed E-state index contributed by atoms with van der Waals surface area (Å²) in [6.07, 6.45) is 13.2. The molecule has 9 atom stereocenters. The van der Waals surface area contributed by atoms with Crippen LogP contribution in [0.2, 0.25) is 0 Å². The molecule has 0 aromatic heterocycles. The van der Waals surface area contributed by atoms with Gasteiger partial charge in [-0.25, -0.2) is 0 Å². The van der Waals surface area contributed by atoms with Crippen molar-refractivity contribution in [3.8, 4) is 0 Å². The highest BCUT2D eigenvalue weighted by Gasteiger charge is 2.68. The Bertz CT molecular complexity index is 889. The Morgan fingerprint density at radius 2 is 1.55 bits per heavy atom. The van der Waals surface area contributed by atoms with Crippen LogP contribution in [-0.2, 0) is 4.79 Å². The fraction of sp³-hybridized carbons (Fsp3) is 0.900. The lowest BCUT2D eigenvalue weighted by Gasteiger charge is -2.71. The molecule has 0 heterocycles. The maximum Gasteiger partial charge on any atom is 0.309 e. The summed E-state index contributed by atoms with van der Waals surface area (Å²) in [6, 6.07) is 0. The molecule has 5 rings (SSSR count). The lowest BCUT2D eigenvalue weighted by atomic mass is 9.33. The van der Waals surface area contributed by atoms with Crippen molar-refractivity contribution < 1.29 is 15.0 Å². The van der Waals surface area contributed by atoms with E-state index in [1.165, 1.54) is 25.7 Å². The van der Waals surface area contributed by atoms with Gasteiger partial charge in [0, 0.05) is 0 Å². The lowest BCUT2D eigenvalue weighted by Crippen LogP contribution is -2.64. The molecule has 33 heavy (non-hydrogen) atoms. The van der Waals surface area contributed by atoms with Crippen LogP contribution in [0.4, 0.5) is 0 Å². The number of hydrogen-bond acceptors (Lipinski definition) is 2. The van der Waals surface area contributed by atoms with Gasteiger partial charge < -0.3 is 10.2 Å². The molecule has 4 fully saturated rings. The van der Waals surface area contributed by atoms with Crippen molar-refractivity contribution in [3.05, 3.63) is 11.6 Å². The van der Waals surface area contributed by atoms with E-state index in [0.29, 0.717) is 17.8 Å². The van der Waals surface area contributed by atoms with E-state index in [1.807, 2.05) is 6.92 Å². The Hall–Kier alpha value is -0.830. The maximum absolute atomic E-state index is 12.2. The highest BCUT2D eigenvalue weighted by atomic mass is 16.4. The molecule has 3 heteroatoms. The number of aliphatic hydroxyl groups is 1. The van der Waals surface area contributed by atoms with E-state index in [1.54, 1.807) is 5.57 Å². The molecular formula is C30H48O3. The summed E-state index contributed by atoms with van der Waals surface area (Å²) in [6.45, 7) is 16.8. The summed E-state index contributed by atoms with van der Waals surface area (Å²) < 4.78 is 0. The van der Waals surface area contributed by atoms with Crippen molar-refractivity contribution in [2.45, 2.75) is 119 Å². The summed E-state index contributed by atoms with van der Waals surface area (Å²) >= 11 is 0. The van der Waals surface area contributed by atoms with Crippen LogP contribution in [0.5, 0.6) is 0 Å². The number of allylic oxidation sites excluding steroid dienone is 2. The first-order valence-electron chi connectivity index (χ1n) is 13.8. The third-order valence-electron chi connectivity index (χ3n) is 13.3. The molecule has 0 aromatic rings. The summed E-state index contributed by atoms with van der Waals surface area (Å²) in [5, 5.41) is 20.9. The van der Waals surface area contributed by atoms with Crippen LogP contribution >= 0.6 is 0 Å². The second kappa shape index (κ2) is 6.89. The van der Waals surface area contributed by atoms with E-state index < -0.39 is 11.4 Å². The fourth-order valence-electron chi connectivity index (χ4n) is 10.5. The lowest BCUT2D eigenvalue weighted by molar-refractivity contribution is -0.203. The van der Waals surface area contributed by atoms with E-state index in [2.05, 4.69) is 47.6 Å². The largest absolute Gasteiger partial charge is 0.481 e. The van der Waals surface area contributed by atoms with Gasteiger partial charge in [-0.2, -0.15) is 0 Å². The number of fused-ring (bicyclic) bond motifs is 7. The molecule has 4 saturated carbocycles. The van der Waals surface area contributed by atoms with E-state index in [0.717, 1.165) is 38.5 Å².